The van der Waals surface area contributed by atoms with Gasteiger partial charge in [-0.15, -0.1) is 0 Å². The van der Waals surface area contributed by atoms with Crippen molar-refractivity contribution in [3.8, 4) is 0 Å². The number of hydrogen-bond donors (Lipinski definition) is 3. The van der Waals surface area contributed by atoms with E-state index in [4.69, 9.17) is 0 Å². The lowest BCUT2D eigenvalue weighted by atomic mass is 9.33. The van der Waals surface area contributed by atoms with Gasteiger partial charge in [-0.25, -0.2) is 0 Å². The van der Waals surface area contributed by atoms with Gasteiger partial charge in [-0.2, -0.15) is 0 Å². The maximum absolute atomic E-state index is 12.3. The first-order chi connectivity index (χ1) is 15.6. The second-order valence-corrected chi connectivity index (χ2v) is 15.0. The zero-order valence-electron chi connectivity index (χ0n) is 22.6. The van der Waals surface area contributed by atoms with E-state index in [0.29, 0.717) is 24.7 Å². The van der Waals surface area contributed by atoms with Gasteiger partial charge in [0, 0.05) is 5.41 Å². The fourth-order valence-electron chi connectivity index (χ4n) is 10.6. The molecule has 0 heterocycles. The van der Waals surface area contributed by atoms with E-state index in [9.17, 15) is 20.1 Å². The molecule has 0 aromatic rings. The van der Waals surface area contributed by atoms with Crippen LogP contribution in [-0.4, -0.2) is 33.5 Å². The molecular formula is C30H48O4. The van der Waals surface area contributed by atoms with E-state index < -0.39 is 17.5 Å². The molecule has 4 heteroatoms. The summed E-state index contributed by atoms with van der Waals surface area (Å²) in [6, 6.07) is 0. The van der Waals surface area contributed by atoms with E-state index in [2.05, 4.69) is 47.6 Å². The molecule has 0 aliphatic heterocycles. The van der Waals surface area contributed by atoms with E-state index in [1.165, 1.54) is 12.0 Å². The minimum Gasteiger partial charge on any atom is -0.481 e. The van der Waals surface area contributed by atoms with Crippen LogP contribution in [0.15, 0.2) is 11.6 Å². The average Bonchev–Trinajstić information content (AvgIpc) is 2.73. The fraction of sp³-hybridized carbons (Fsp3) is 0.900. The van der Waals surface area contributed by atoms with Gasteiger partial charge < -0.3 is 15.3 Å². The Morgan fingerprint density at radius 1 is 0.824 bits per heavy atom. The molecule has 0 bridgehead atoms. The largest absolute Gasteiger partial charge is 0.481 e. The van der Waals surface area contributed by atoms with Crippen molar-refractivity contribution in [2.75, 3.05) is 0 Å². The summed E-state index contributed by atoms with van der Waals surface area (Å²) < 4.78 is 0. The van der Waals surface area contributed by atoms with Crippen molar-refractivity contribution >= 4 is 5.97 Å². The Hall–Kier alpha value is -0.870. The molecule has 192 valence electrons. The molecule has 0 amide bonds. The van der Waals surface area contributed by atoms with Crippen LogP contribution in [0, 0.1) is 50.2 Å². The average molecular weight is 473 g/mol. The molecule has 4 saturated carbocycles. The summed E-state index contributed by atoms with van der Waals surface area (Å²) in [4.78, 5) is 12.3. The summed E-state index contributed by atoms with van der Waals surface area (Å²) >= 11 is 0. The number of fused-ring (bicyclic) bond motifs is 7. The van der Waals surface area contributed by atoms with Crippen LogP contribution in [0.4, 0.5) is 0 Å². The Balaban J connectivity index is 1.59. The smallest absolute Gasteiger partial charge is 0.309 e. The van der Waals surface area contributed by atoms with Gasteiger partial charge in [0.1, 0.15) is 0 Å². The van der Waals surface area contributed by atoms with Gasteiger partial charge in [-0.1, -0.05) is 53.2 Å². The third kappa shape index (κ3) is 2.82. The highest BCUT2D eigenvalue weighted by atomic mass is 16.4. The number of hydrogen-bond acceptors (Lipinski definition) is 3. The van der Waals surface area contributed by atoms with Crippen LogP contribution < -0.4 is 0 Å². The number of carbonyl (C=O) groups is 1. The Morgan fingerprint density at radius 3 is 2.15 bits per heavy atom. The fourth-order valence-corrected chi connectivity index (χ4v) is 10.6. The predicted molar refractivity (Wildman–Crippen MR) is 134 cm³/mol. The van der Waals surface area contributed by atoms with Crippen LogP contribution in [0.3, 0.4) is 0 Å². The molecule has 5 aliphatic rings. The lowest BCUT2D eigenvalue weighted by Crippen LogP contribution is -2.65. The Kier molecular flexibility index (Phi) is 5.20. The van der Waals surface area contributed by atoms with Crippen LogP contribution in [0.5, 0.6) is 0 Å². The van der Waals surface area contributed by atoms with Crippen LogP contribution in [0.25, 0.3) is 0 Å². The first-order valence-electron chi connectivity index (χ1n) is 13.9. The molecule has 0 saturated heterocycles. The van der Waals surface area contributed by atoms with E-state index in [0.717, 1.165) is 38.5 Å². The quantitative estimate of drug-likeness (QED) is 0.397. The summed E-state index contributed by atoms with van der Waals surface area (Å²) in [7, 11) is 0. The van der Waals surface area contributed by atoms with Gasteiger partial charge in [0.05, 0.1) is 17.6 Å². The summed E-state index contributed by atoms with van der Waals surface area (Å²) in [5.41, 5.74) is 0.706. The third-order valence-electron chi connectivity index (χ3n) is 13.4. The standard InChI is InChI=1S/C30H48O4/c1-25(2)20-10-13-30(7)21(28(20,5)12-11-22(25)31)9-8-18-19-16-26(3,24(33)34)17-23(32)27(19,4)14-15-29(18,30)6/h8,19-23,31-32H,9-17H2,1-7H3,(H,33,34)/t19?,20?,21-,22+,23+,26+,27-,28+,29?,30-/m1/s1. The number of aliphatic hydroxyl groups excluding tert-OH is 2. The second-order valence-electron chi connectivity index (χ2n) is 15.0. The first-order valence-corrected chi connectivity index (χ1v) is 13.9. The van der Waals surface area contributed by atoms with Crippen LogP contribution >= 0.6 is 0 Å². The molecule has 0 aromatic carbocycles. The number of rotatable bonds is 1. The van der Waals surface area contributed by atoms with Crippen LogP contribution in [0.1, 0.15) is 106 Å². The van der Waals surface area contributed by atoms with Crippen molar-refractivity contribution in [3.05, 3.63) is 11.6 Å². The molecule has 3 N–H and O–H groups in total. The molecule has 0 radical (unpaired) electrons. The summed E-state index contributed by atoms with van der Waals surface area (Å²) in [6.45, 7) is 16.2. The number of aliphatic carboxylic acids is 1. The first kappa shape index (κ1) is 24.8. The maximum atomic E-state index is 12.3. The number of carboxylic acid groups (broad SMARTS) is 1. The van der Waals surface area contributed by atoms with Crippen molar-refractivity contribution in [1.82, 2.24) is 0 Å². The van der Waals surface area contributed by atoms with Gasteiger partial charge in [0.15, 0.2) is 0 Å². The molecular weight excluding hydrogens is 424 g/mol. The van der Waals surface area contributed by atoms with Crippen molar-refractivity contribution in [3.63, 3.8) is 0 Å². The van der Waals surface area contributed by atoms with Crippen LogP contribution in [0.2, 0.25) is 0 Å². The molecule has 5 aliphatic carbocycles. The molecule has 34 heavy (non-hydrogen) atoms. The van der Waals surface area contributed by atoms with Gasteiger partial charge >= 0.3 is 5.97 Å². The lowest BCUT2D eigenvalue weighted by molar-refractivity contribution is -0.208. The van der Waals surface area contributed by atoms with Gasteiger partial charge in [-0.3, -0.25) is 4.79 Å². The maximum Gasteiger partial charge on any atom is 0.309 e. The SMILES string of the molecule is CC1(C)C2CC[C@]3(C)[C@H](CC=C4C5C[C@](C)(C(=O)O)C[C@H](O)[C@]5(C)CCC43C)[C@@]2(C)CC[C@@H]1O. The highest BCUT2D eigenvalue weighted by molar-refractivity contribution is 5.74. The molecule has 4 fully saturated rings. The number of aliphatic hydroxyl groups is 2. The minimum absolute atomic E-state index is 0.0325. The monoisotopic (exact) mass is 472 g/mol. The molecule has 5 rings (SSSR count). The summed E-state index contributed by atoms with van der Waals surface area (Å²) in [5.74, 6) is 0.463. The number of allylic oxidation sites excluding steroid dienone is 2. The Labute approximate surface area is 206 Å². The normalized spacial score (nSPS) is 56.3. The highest BCUT2D eigenvalue weighted by Crippen LogP contribution is 2.75. The third-order valence-corrected chi connectivity index (χ3v) is 13.4. The molecule has 0 aromatic heterocycles. The van der Waals surface area contributed by atoms with Crippen molar-refractivity contribution in [2.24, 2.45) is 50.2 Å². The van der Waals surface area contributed by atoms with Crippen molar-refractivity contribution < 1.29 is 20.1 Å². The number of carboxylic acids is 1. The second kappa shape index (κ2) is 7.12. The minimum atomic E-state index is -0.867. The Bertz CT molecular complexity index is 923. The highest BCUT2D eigenvalue weighted by Gasteiger charge is 2.69. The predicted octanol–water partition coefficient (Wildman–Crippen LogP) is 6.20. The van der Waals surface area contributed by atoms with E-state index in [1.54, 1.807) is 0 Å². The van der Waals surface area contributed by atoms with E-state index in [1.807, 2.05) is 6.92 Å². The van der Waals surface area contributed by atoms with Gasteiger partial charge in [-0.05, 0) is 104 Å². The molecule has 0 spiro atoms. The molecule has 10 atom stereocenters. The lowest BCUT2D eigenvalue weighted by Gasteiger charge is -2.71. The van der Waals surface area contributed by atoms with E-state index >= 15 is 0 Å². The Morgan fingerprint density at radius 2 is 1.50 bits per heavy atom. The van der Waals surface area contributed by atoms with Crippen molar-refractivity contribution in [2.45, 2.75) is 118 Å². The van der Waals surface area contributed by atoms with Gasteiger partial charge in [0.2, 0.25) is 0 Å². The topological polar surface area (TPSA) is 77.8 Å². The summed E-state index contributed by atoms with van der Waals surface area (Å²) in [6.07, 6.45) is 10.1. The van der Waals surface area contributed by atoms with Crippen molar-refractivity contribution in [1.29, 1.82) is 0 Å². The van der Waals surface area contributed by atoms with E-state index in [-0.39, 0.29) is 39.1 Å². The molecule has 4 nitrogen and oxygen atoms in total. The van der Waals surface area contributed by atoms with Gasteiger partial charge in [0.25, 0.3) is 0 Å². The summed E-state index contributed by atoms with van der Waals surface area (Å²) in [5, 5.41) is 32.2. The zero-order chi connectivity index (χ0) is 25.1. The van der Waals surface area contributed by atoms with Crippen LogP contribution in [-0.2, 0) is 4.79 Å². The zero-order valence-corrected chi connectivity index (χ0v) is 22.6. The molecule has 3 unspecified atom stereocenters.